The number of nitrogens with one attached hydrogen (secondary N) is 1. The number of carbonyl (C=O) groups is 1. The second-order valence-corrected chi connectivity index (χ2v) is 2.60. The predicted molar refractivity (Wildman–Crippen MR) is 51.5 cm³/mol. The molecular formula is C8H18N2O5. The Labute approximate surface area is 88.5 Å². The predicted octanol–water partition coefficient (Wildman–Crippen LogP) is -1.73. The van der Waals surface area contributed by atoms with Crippen LogP contribution >= 0.6 is 0 Å². The van der Waals surface area contributed by atoms with E-state index in [0.29, 0.717) is 25.9 Å². The SMILES string of the molecule is O=CNCCCN(OCCO)OCCO. The van der Waals surface area contributed by atoms with E-state index in [1.54, 1.807) is 0 Å². The van der Waals surface area contributed by atoms with Crippen molar-refractivity contribution in [2.45, 2.75) is 6.42 Å². The summed E-state index contributed by atoms with van der Waals surface area (Å²) in [5, 5.41) is 20.8. The zero-order valence-electron chi connectivity index (χ0n) is 8.59. The Morgan fingerprint density at radius 1 is 1.20 bits per heavy atom. The monoisotopic (exact) mass is 222 g/mol. The molecule has 0 fully saturated rings. The maximum Gasteiger partial charge on any atom is 0.207 e. The fourth-order valence-corrected chi connectivity index (χ4v) is 0.821. The fraction of sp³-hybridized carbons (Fsp3) is 0.875. The van der Waals surface area contributed by atoms with E-state index in [1.807, 2.05) is 0 Å². The first-order valence-electron chi connectivity index (χ1n) is 4.77. The van der Waals surface area contributed by atoms with Crippen molar-refractivity contribution in [2.24, 2.45) is 0 Å². The number of carbonyl (C=O) groups excluding carboxylic acids is 1. The molecule has 0 radical (unpaired) electrons. The van der Waals surface area contributed by atoms with E-state index in [-0.39, 0.29) is 26.4 Å². The molecule has 3 N–H and O–H groups in total. The molecule has 15 heavy (non-hydrogen) atoms. The molecule has 0 aromatic heterocycles. The minimum Gasteiger partial charge on any atom is -0.394 e. The van der Waals surface area contributed by atoms with Crippen LogP contribution in [0.25, 0.3) is 0 Å². The summed E-state index contributed by atoms with van der Waals surface area (Å²) in [5.41, 5.74) is 0. The van der Waals surface area contributed by atoms with Crippen molar-refractivity contribution in [1.82, 2.24) is 10.5 Å². The Bertz CT molecular complexity index is 139. The second-order valence-electron chi connectivity index (χ2n) is 2.60. The van der Waals surface area contributed by atoms with Gasteiger partial charge in [-0.2, -0.15) is 0 Å². The minimum absolute atomic E-state index is 0.106. The maximum absolute atomic E-state index is 9.94. The molecule has 0 spiro atoms. The van der Waals surface area contributed by atoms with Crippen molar-refractivity contribution in [1.29, 1.82) is 0 Å². The summed E-state index contributed by atoms with van der Waals surface area (Å²) in [6.07, 6.45) is 1.27. The number of hydroxylamine groups is 2. The van der Waals surface area contributed by atoms with E-state index in [1.165, 1.54) is 5.23 Å². The van der Waals surface area contributed by atoms with Crippen molar-refractivity contribution < 1.29 is 24.7 Å². The minimum atomic E-state index is -0.106. The summed E-state index contributed by atoms with van der Waals surface area (Å²) < 4.78 is 0. The number of hydrogen-bond donors (Lipinski definition) is 3. The third-order valence-corrected chi connectivity index (χ3v) is 1.40. The molecule has 0 saturated carbocycles. The van der Waals surface area contributed by atoms with Crippen molar-refractivity contribution in [3.8, 4) is 0 Å². The van der Waals surface area contributed by atoms with Crippen LogP contribution in [0.4, 0.5) is 0 Å². The Morgan fingerprint density at radius 2 is 1.80 bits per heavy atom. The van der Waals surface area contributed by atoms with Crippen LogP contribution in [0.3, 0.4) is 0 Å². The van der Waals surface area contributed by atoms with Gasteiger partial charge in [-0.05, 0) is 6.42 Å². The molecule has 7 nitrogen and oxygen atoms in total. The third kappa shape index (κ3) is 9.57. The number of nitrogens with zero attached hydrogens (tertiary/aromatic N) is 1. The number of amides is 1. The highest BCUT2D eigenvalue weighted by molar-refractivity contribution is 5.45. The highest BCUT2D eigenvalue weighted by Crippen LogP contribution is 1.94. The molecule has 0 bridgehead atoms. The van der Waals surface area contributed by atoms with Gasteiger partial charge in [-0.15, -0.1) is 0 Å². The summed E-state index contributed by atoms with van der Waals surface area (Å²) >= 11 is 0. The van der Waals surface area contributed by atoms with Crippen LogP contribution in [0.5, 0.6) is 0 Å². The molecular weight excluding hydrogens is 204 g/mol. The molecule has 90 valence electrons. The summed E-state index contributed by atoms with van der Waals surface area (Å²) in [7, 11) is 0. The first-order valence-corrected chi connectivity index (χ1v) is 4.77. The Kier molecular flexibility index (Phi) is 10.8. The molecule has 0 atom stereocenters. The number of aliphatic hydroxyl groups is 2. The van der Waals surface area contributed by atoms with Gasteiger partial charge in [0, 0.05) is 6.54 Å². The molecule has 0 aliphatic carbocycles. The highest BCUT2D eigenvalue weighted by Gasteiger charge is 2.04. The molecule has 0 aliphatic heterocycles. The molecule has 0 aliphatic rings. The standard InChI is InChI=1S/C8H18N2O5/c11-4-6-14-10(15-7-5-12)3-1-2-9-8-13/h8,11-12H,1-7H2,(H,9,13). The van der Waals surface area contributed by atoms with Crippen LogP contribution in [0.2, 0.25) is 0 Å². The third-order valence-electron chi connectivity index (χ3n) is 1.40. The van der Waals surface area contributed by atoms with Gasteiger partial charge in [0.15, 0.2) is 0 Å². The number of hydrogen-bond acceptors (Lipinski definition) is 6. The lowest BCUT2D eigenvalue weighted by Gasteiger charge is -2.19. The first kappa shape index (κ1) is 14.3. The molecule has 0 aromatic carbocycles. The second kappa shape index (κ2) is 11.3. The van der Waals surface area contributed by atoms with Gasteiger partial charge in [0.25, 0.3) is 0 Å². The molecule has 0 heterocycles. The average molecular weight is 222 g/mol. The van der Waals surface area contributed by atoms with E-state index in [2.05, 4.69) is 5.32 Å². The Balaban J connectivity index is 3.53. The van der Waals surface area contributed by atoms with Crippen LogP contribution in [0, 0.1) is 0 Å². The smallest absolute Gasteiger partial charge is 0.207 e. The van der Waals surface area contributed by atoms with Crippen molar-refractivity contribution >= 4 is 6.41 Å². The van der Waals surface area contributed by atoms with Crippen LogP contribution in [0.1, 0.15) is 6.42 Å². The van der Waals surface area contributed by atoms with Crippen LogP contribution in [-0.2, 0) is 14.5 Å². The largest absolute Gasteiger partial charge is 0.394 e. The maximum atomic E-state index is 9.94. The lowest BCUT2D eigenvalue weighted by atomic mass is 10.4. The van der Waals surface area contributed by atoms with E-state index < -0.39 is 0 Å². The average Bonchev–Trinajstić information content (AvgIpc) is 2.27. The van der Waals surface area contributed by atoms with Gasteiger partial charge < -0.3 is 15.5 Å². The van der Waals surface area contributed by atoms with Crippen LogP contribution < -0.4 is 5.32 Å². The summed E-state index contributed by atoms with van der Waals surface area (Å²) in [6, 6.07) is 0. The molecule has 0 aromatic rings. The fourth-order valence-electron chi connectivity index (χ4n) is 0.821. The molecule has 0 unspecified atom stereocenters. The zero-order chi connectivity index (χ0) is 11.4. The number of rotatable bonds is 11. The van der Waals surface area contributed by atoms with E-state index >= 15 is 0 Å². The summed E-state index contributed by atoms with van der Waals surface area (Å²) in [5.74, 6) is 0. The normalized spacial score (nSPS) is 10.6. The lowest BCUT2D eigenvalue weighted by Crippen LogP contribution is -2.30. The molecule has 0 saturated heterocycles. The van der Waals surface area contributed by atoms with Gasteiger partial charge in [0.05, 0.1) is 33.0 Å². The van der Waals surface area contributed by atoms with Crippen LogP contribution in [-0.4, -0.2) is 61.4 Å². The van der Waals surface area contributed by atoms with Gasteiger partial charge >= 0.3 is 0 Å². The topological polar surface area (TPSA) is 91.3 Å². The van der Waals surface area contributed by atoms with Crippen molar-refractivity contribution in [3.05, 3.63) is 0 Å². The Morgan fingerprint density at radius 3 is 2.27 bits per heavy atom. The van der Waals surface area contributed by atoms with Gasteiger partial charge in [-0.25, -0.2) is 0 Å². The Hall–Kier alpha value is -0.730. The zero-order valence-corrected chi connectivity index (χ0v) is 8.59. The van der Waals surface area contributed by atoms with Crippen molar-refractivity contribution in [2.75, 3.05) is 39.5 Å². The van der Waals surface area contributed by atoms with Gasteiger partial charge in [-0.1, -0.05) is 5.23 Å². The molecule has 0 rings (SSSR count). The van der Waals surface area contributed by atoms with E-state index in [0.717, 1.165) is 0 Å². The first-order chi connectivity index (χ1) is 7.35. The van der Waals surface area contributed by atoms with Gasteiger partial charge in [0.2, 0.25) is 6.41 Å². The summed E-state index contributed by atoms with van der Waals surface area (Å²) in [4.78, 5) is 20.0. The lowest BCUT2D eigenvalue weighted by molar-refractivity contribution is -0.371. The van der Waals surface area contributed by atoms with E-state index in [9.17, 15) is 4.79 Å². The summed E-state index contributed by atoms with van der Waals surface area (Å²) in [6.45, 7) is 1.02. The van der Waals surface area contributed by atoms with Gasteiger partial charge in [0.1, 0.15) is 0 Å². The van der Waals surface area contributed by atoms with Gasteiger partial charge in [-0.3, -0.25) is 14.5 Å². The van der Waals surface area contributed by atoms with Crippen molar-refractivity contribution in [3.63, 3.8) is 0 Å². The quantitative estimate of drug-likeness (QED) is 0.219. The van der Waals surface area contributed by atoms with E-state index in [4.69, 9.17) is 19.9 Å². The molecule has 7 heteroatoms. The van der Waals surface area contributed by atoms with Crippen LogP contribution in [0.15, 0.2) is 0 Å². The number of aliphatic hydroxyl groups excluding tert-OH is 2. The highest BCUT2D eigenvalue weighted by atomic mass is 16.9. The molecule has 1 amide bonds.